The molecule has 0 spiro atoms. The number of amides is 3. The van der Waals surface area contributed by atoms with E-state index in [9.17, 15) is 24.3 Å². The topological polar surface area (TPSA) is 109 Å². The van der Waals surface area contributed by atoms with Gasteiger partial charge in [0.05, 0.1) is 16.6 Å². The fraction of sp³-hybridized carbons (Fsp3) is 0.143. The Kier molecular flexibility index (Phi) is 7.07. The summed E-state index contributed by atoms with van der Waals surface area (Å²) in [7, 11) is 0. The van der Waals surface area contributed by atoms with Crippen LogP contribution in [0.2, 0.25) is 5.02 Å². The summed E-state index contributed by atoms with van der Waals surface area (Å²) in [5.74, 6) is -2.41. The van der Waals surface area contributed by atoms with Crippen LogP contribution in [-0.2, 0) is 20.9 Å². The first kappa shape index (κ1) is 26.8. The number of carbonyl (C=O) groups is 3. The van der Waals surface area contributed by atoms with Crippen molar-refractivity contribution in [2.75, 3.05) is 10.2 Å². The third kappa shape index (κ3) is 4.77. The summed E-state index contributed by atoms with van der Waals surface area (Å²) in [4.78, 5) is 55.3. The Labute approximate surface area is 249 Å². The van der Waals surface area contributed by atoms with Crippen LogP contribution in [0.1, 0.15) is 16.4 Å². The molecule has 0 radical (unpaired) electrons. The smallest absolute Gasteiger partial charge is 0.308 e. The third-order valence-corrected chi connectivity index (χ3v) is 10.1. The minimum absolute atomic E-state index is 0.0640. The maximum Gasteiger partial charge on any atom is 0.308 e. The van der Waals surface area contributed by atoms with E-state index in [1.807, 2.05) is 24.3 Å². The predicted molar refractivity (Wildman–Crippen MR) is 158 cm³/mol. The number of thiazole rings is 1. The molecule has 3 amide bonds. The van der Waals surface area contributed by atoms with Gasteiger partial charge in [-0.2, -0.15) is 0 Å². The van der Waals surface area contributed by atoms with Gasteiger partial charge in [-0.25, -0.2) is 4.90 Å². The van der Waals surface area contributed by atoms with Crippen molar-refractivity contribution in [1.29, 1.82) is 0 Å². The fourth-order valence-corrected chi connectivity index (χ4v) is 8.36. The first-order chi connectivity index (χ1) is 19.2. The van der Waals surface area contributed by atoms with Gasteiger partial charge < -0.3 is 10.4 Å². The summed E-state index contributed by atoms with van der Waals surface area (Å²) in [6.07, 6.45) is 0. The van der Waals surface area contributed by atoms with Gasteiger partial charge in [0.15, 0.2) is 0 Å². The molecule has 3 atom stereocenters. The number of carbonyl (C=O) groups excluding carboxylic acids is 3. The molecule has 3 heterocycles. The van der Waals surface area contributed by atoms with E-state index in [1.54, 1.807) is 36.4 Å². The lowest BCUT2D eigenvalue weighted by molar-refractivity contribution is -0.122. The predicted octanol–water partition coefficient (Wildman–Crippen LogP) is 5.47. The zero-order chi connectivity index (χ0) is 28.1. The number of hydrogen-bond acceptors (Lipinski definition) is 7. The second-order valence-electron chi connectivity index (χ2n) is 9.30. The Bertz CT molecular complexity index is 1720. The van der Waals surface area contributed by atoms with Crippen LogP contribution in [-0.4, -0.2) is 32.6 Å². The number of nitrogens with zero attached hydrogens (tertiary/aromatic N) is 2. The fourth-order valence-electron chi connectivity index (χ4n) is 5.05. The number of anilines is 2. The first-order valence-corrected chi connectivity index (χ1v) is 15.0. The molecule has 1 saturated heterocycles. The summed E-state index contributed by atoms with van der Waals surface area (Å²) in [6, 6.07) is 20.0. The van der Waals surface area contributed by atoms with Crippen LogP contribution in [0, 0.1) is 5.92 Å². The van der Waals surface area contributed by atoms with Crippen molar-refractivity contribution >= 4 is 79.7 Å². The highest BCUT2D eigenvalue weighted by atomic mass is 79.9. The van der Waals surface area contributed by atoms with Crippen LogP contribution in [0.4, 0.5) is 11.4 Å². The van der Waals surface area contributed by atoms with Crippen molar-refractivity contribution in [3.8, 4) is 5.75 Å². The molecule has 8 nitrogen and oxygen atoms in total. The zero-order valence-electron chi connectivity index (χ0n) is 20.4. The molecule has 0 saturated carbocycles. The van der Waals surface area contributed by atoms with Gasteiger partial charge in [0.25, 0.3) is 0 Å². The van der Waals surface area contributed by atoms with Crippen molar-refractivity contribution < 1.29 is 19.5 Å². The number of nitrogens with one attached hydrogen (secondary N) is 1. The molecule has 202 valence electrons. The summed E-state index contributed by atoms with van der Waals surface area (Å²) in [5, 5.41) is 12.4. The van der Waals surface area contributed by atoms with E-state index in [4.69, 9.17) is 11.6 Å². The molecule has 1 aromatic heterocycles. The number of aromatic hydroxyl groups is 1. The van der Waals surface area contributed by atoms with Crippen LogP contribution < -0.4 is 15.1 Å². The largest absolute Gasteiger partial charge is 0.508 e. The number of halogens is 2. The summed E-state index contributed by atoms with van der Waals surface area (Å²) >= 11 is 11.7. The highest BCUT2D eigenvalue weighted by Gasteiger charge is 2.56. The maximum atomic E-state index is 13.9. The van der Waals surface area contributed by atoms with Gasteiger partial charge in [-0.1, -0.05) is 62.8 Å². The van der Waals surface area contributed by atoms with E-state index in [0.717, 1.165) is 33.1 Å². The molecule has 40 heavy (non-hydrogen) atoms. The molecule has 0 unspecified atom stereocenters. The van der Waals surface area contributed by atoms with Gasteiger partial charge in [0.2, 0.25) is 17.7 Å². The highest BCUT2D eigenvalue weighted by Crippen LogP contribution is 2.54. The molecule has 6 rings (SSSR count). The minimum Gasteiger partial charge on any atom is -0.508 e. The quantitative estimate of drug-likeness (QED) is 0.218. The molecule has 0 bridgehead atoms. The van der Waals surface area contributed by atoms with E-state index >= 15 is 0 Å². The SMILES string of the molecule is O=C(Cn1c2c(sc1=O)[C@@H](c1cccc(Br)c1)[C@@H]1C(=O)N(c3ccc(Cl)cc3)C(=O)[C@@H]1S2)Nc1ccc(O)cc1. The number of imide groups is 1. The highest BCUT2D eigenvalue weighted by molar-refractivity contribution is 9.10. The van der Waals surface area contributed by atoms with Crippen molar-refractivity contribution in [2.24, 2.45) is 5.92 Å². The van der Waals surface area contributed by atoms with Gasteiger partial charge in [0, 0.05) is 26.0 Å². The van der Waals surface area contributed by atoms with Crippen molar-refractivity contribution in [3.63, 3.8) is 0 Å². The Hall–Kier alpha value is -3.38. The zero-order valence-corrected chi connectivity index (χ0v) is 24.4. The molecule has 12 heteroatoms. The standard InChI is InChI=1S/C28H19BrClN3O5S2/c29-15-3-1-2-14(12-15)21-22-23(26(37)33(25(22)36)18-8-4-16(30)5-9-18)39-27-24(21)40-28(38)32(27)13-20(35)31-17-6-10-19(34)11-7-17/h1-12,21-23,34H,13H2,(H,31,35)/t21-,22-,23+/m0/s1. The van der Waals surface area contributed by atoms with E-state index in [-0.39, 0.29) is 29.0 Å². The van der Waals surface area contributed by atoms with E-state index < -0.39 is 23.0 Å². The molecule has 2 aliphatic heterocycles. The van der Waals surface area contributed by atoms with Crippen LogP contribution in [0.15, 0.2) is 87.1 Å². The summed E-state index contributed by atoms with van der Waals surface area (Å²) in [5.41, 5.74) is 1.68. The van der Waals surface area contributed by atoms with Crippen molar-refractivity contribution in [3.05, 3.63) is 102 Å². The number of fused-ring (bicyclic) bond motifs is 2. The Morgan fingerprint density at radius 1 is 1.00 bits per heavy atom. The van der Waals surface area contributed by atoms with Crippen LogP contribution >= 0.6 is 50.6 Å². The van der Waals surface area contributed by atoms with Gasteiger partial charge in [-0.15, -0.1) is 0 Å². The van der Waals surface area contributed by atoms with Gasteiger partial charge >= 0.3 is 4.87 Å². The van der Waals surface area contributed by atoms with E-state index in [0.29, 0.717) is 26.3 Å². The van der Waals surface area contributed by atoms with Crippen LogP contribution in [0.25, 0.3) is 0 Å². The first-order valence-electron chi connectivity index (χ1n) is 12.1. The molecule has 0 aliphatic carbocycles. The number of benzene rings is 3. The maximum absolute atomic E-state index is 13.9. The third-order valence-electron chi connectivity index (χ3n) is 6.79. The van der Waals surface area contributed by atoms with E-state index in [2.05, 4.69) is 21.2 Å². The van der Waals surface area contributed by atoms with Gasteiger partial charge in [0.1, 0.15) is 17.5 Å². The lowest BCUT2D eigenvalue weighted by atomic mass is 9.83. The summed E-state index contributed by atoms with van der Waals surface area (Å²) < 4.78 is 2.16. The number of phenolic OH excluding ortho intramolecular Hbond substituents is 1. The molecule has 2 aliphatic rings. The average molecular weight is 657 g/mol. The monoisotopic (exact) mass is 655 g/mol. The Morgan fingerprint density at radius 3 is 2.42 bits per heavy atom. The van der Waals surface area contributed by atoms with Gasteiger partial charge in [-0.3, -0.25) is 23.7 Å². The van der Waals surface area contributed by atoms with Crippen LogP contribution in [0.5, 0.6) is 5.75 Å². The normalized spacial score (nSPS) is 19.9. The number of rotatable bonds is 5. The molecule has 3 aromatic carbocycles. The molecule has 4 aromatic rings. The second kappa shape index (κ2) is 10.5. The Balaban J connectivity index is 1.41. The molecular formula is C28H19BrClN3O5S2. The molecule has 2 N–H and O–H groups in total. The number of phenols is 1. The van der Waals surface area contributed by atoms with Crippen molar-refractivity contribution in [2.45, 2.75) is 22.7 Å². The molecular weight excluding hydrogens is 638 g/mol. The number of thioether (sulfide) groups is 1. The Morgan fingerprint density at radius 2 is 1.73 bits per heavy atom. The number of aromatic nitrogens is 1. The average Bonchev–Trinajstić information content (AvgIpc) is 3.36. The second-order valence-corrected chi connectivity index (χ2v) is 12.8. The van der Waals surface area contributed by atoms with Gasteiger partial charge in [-0.05, 0) is 66.2 Å². The lowest BCUT2D eigenvalue weighted by Crippen LogP contribution is -2.33. The lowest BCUT2D eigenvalue weighted by Gasteiger charge is -2.30. The van der Waals surface area contributed by atoms with Crippen molar-refractivity contribution in [1.82, 2.24) is 4.57 Å². The minimum atomic E-state index is -0.792. The summed E-state index contributed by atoms with van der Waals surface area (Å²) in [6.45, 7) is -0.274. The number of hydrogen-bond donors (Lipinski definition) is 2. The van der Waals surface area contributed by atoms with E-state index in [1.165, 1.54) is 21.6 Å². The van der Waals surface area contributed by atoms with Crippen LogP contribution in [0.3, 0.4) is 0 Å². The molecule has 1 fully saturated rings.